The van der Waals surface area contributed by atoms with Gasteiger partial charge >= 0.3 is 0 Å². The van der Waals surface area contributed by atoms with Gasteiger partial charge in [0.25, 0.3) is 0 Å². The second kappa shape index (κ2) is 8.46. The smallest absolute Gasteiger partial charge is 0.211 e. The normalized spacial score (nSPS) is 24.3. The van der Waals surface area contributed by atoms with Gasteiger partial charge in [-0.25, -0.2) is 13.1 Å². The molecular formula is C15H31N3O2S. The molecule has 5 nitrogen and oxygen atoms in total. The van der Waals surface area contributed by atoms with E-state index in [9.17, 15) is 8.42 Å². The van der Waals surface area contributed by atoms with Crippen LogP contribution in [0.1, 0.15) is 51.9 Å². The summed E-state index contributed by atoms with van der Waals surface area (Å²) in [5.74, 6) is 0.243. The molecule has 0 aromatic carbocycles. The molecule has 0 radical (unpaired) electrons. The lowest BCUT2D eigenvalue weighted by atomic mass is 10.0. The molecule has 0 bridgehead atoms. The Morgan fingerprint density at radius 3 is 2.62 bits per heavy atom. The highest BCUT2D eigenvalue weighted by molar-refractivity contribution is 7.89. The Bertz CT molecular complexity index is 396. The molecule has 0 spiro atoms. The second-order valence-corrected chi connectivity index (χ2v) is 8.46. The summed E-state index contributed by atoms with van der Waals surface area (Å²) in [6, 6.07) is 1.32. The summed E-state index contributed by atoms with van der Waals surface area (Å²) in [5, 5.41) is 3.35. The van der Waals surface area contributed by atoms with Gasteiger partial charge in [-0.2, -0.15) is 0 Å². The van der Waals surface area contributed by atoms with E-state index in [0.29, 0.717) is 25.0 Å². The van der Waals surface area contributed by atoms with Gasteiger partial charge in [-0.15, -0.1) is 0 Å². The molecule has 2 fully saturated rings. The number of rotatable bonds is 10. The van der Waals surface area contributed by atoms with E-state index in [4.69, 9.17) is 0 Å². The lowest BCUT2D eigenvalue weighted by Gasteiger charge is -2.33. The van der Waals surface area contributed by atoms with Crippen molar-refractivity contribution in [2.24, 2.45) is 0 Å². The molecule has 1 saturated heterocycles. The van der Waals surface area contributed by atoms with Crippen LogP contribution in [0.4, 0.5) is 0 Å². The van der Waals surface area contributed by atoms with E-state index >= 15 is 0 Å². The zero-order valence-corrected chi connectivity index (χ0v) is 14.1. The number of hydrogen-bond donors (Lipinski definition) is 2. The van der Waals surface area contributed by atoms with Gasteiger partial charge in [-0.05, 0) is 65.1 Å². The first-order valence-electron chi connectivity index (χ1n) is 8.51. The summed E-state index contributed by atoms with van der Waals surface area (Å²) in [7, 11) is -3.08. The monoisotopic (exact) mass is 317 g/mol. The van der Waals surface area contributed by atoms with E-state index < -0.39 is 10.0 Å². The summed E-state index contributed by atoms with van der Waals surface area (Å²) in [6.45, 7) is 5.84. The van der Waals surface area contributed by atoms with Crippen molar-refractivity contribution in [3.05, 3.63) is 0 Å². The Morgan fingerprint density at radius 1 is 1.10 bits per heavy atom. The standard InChI is InChI=1S/C15H31N3O2S/c1-14-6-2-3-11-18(14)12-4-10-17-21(19,20)13-5-9-16-15-7-8-15/h14-17H,2-13H2,1H3. The van der Waals surface area contributed by atoms with E-state index in [1.54, 1.807) is 0 Å². The average Bonchev–Trinajstić information content (AvgIpc) is 3.26. The van der Waals surface area contributed by atoms with Crippen molar-refractivity contribution in [2.45, 2.75) is 64.0 Å². The zero-order chi connectivity index (χ0) is 15.1. The molecule has 124 valence electrons. The number of hydrogen-bond acceptors (Lipinski definition) is 4. The maximum atomic E-state index is 11.9. The van der Waals surface area contributed by atoms with Crippen molar-refractivity contribution in [2.75, 3.05) is 31.9 Å². The lowest BCUT2D eigenvalue weighted by molar-refractivity contribution is 0.159. The van der Waals surface area contributed by atoms with Crippen LogP contribution in [-0.4, -0.2) is 57.3 Å². The van der Waals surface area contributed by atoms with Gasteiger partial charge in [-0.3, -0.25) is 0 Å². The van der Waals surface area contributed by atoms with Gasteiger partial charge in [-0.1, -0.05) is 6.42 Å². The van der Waals surface area contributed by atoms with Crippen LogP contribution in [0.15, 0.2) is 0 Å². The third-order valence-corrected chi connectivity index (χ3v) is 5.95. The van der Waals surface area contributed by atoms with Crippen LogP contribution in [0.2, 0.25) is 0 Å². The number of nitrogens with zero attached hydrogens (tertiary/aromatic N) is 1. The molecule has 1 aliphatic carbocycles. The Morgan fingerprint density at radius 2 is 1.90 bits per heavy atom. The van der Waals surface area contributed by atoms with Crippen LogP contribution in [0, 0.1) is 0 Å². The van der Waals surface area contributed by atoms with Gasteiger partial charge in [0, 0.05) is 18.6 Å². The van der Waals surface area contributed by atoms with E-state index in [0.717, 1.165) is 19.5 Å². The van der Waals surface area contributed by atoms with Crippen molar-refractivity contribution >= 4 is 10.0 Å². The van der Waals surface area contributed by atoms with Gasteiger partial charge in [0.1, 0.15) is 0 Å². The Labute approximate surface area is 129 Å². The number of nitrogens with one attached hydrogen (secondary N) is 2. The molecule has 2 N–H and O–H groups in total. The van der Waals surface area contributed by atoms with Crippen LogP contribution in [0.25, 0.3) is 0 Å². The van der Waals surface area contributed by atoms with E-state index in [1.807, 2.05) is 0 Å². The third kappa shape index (κ3) is 7.08. The van der Waals surface area contributed by atoms with Crippen molar-refractivity contribution in [3.63, 3.8) is 0 Å². The topological polar surface area (TPSA) is 61.4 Å². The van der Waals surface area contributed by atoms with Crippen molar-refractivity contribution < 1.29 is 8.42 Å². The first kappa shape index (κ1) is 17.2. The summed E-state index contributed by atoms with van der Waals surface area (Å²) in [5.41, 5.74) is 0. The molecule has 0 aromatic rings. The summed E-state index contributed by atoms with van der Waals surface area (Å²) in [4.78, 5) is 2.48. The van der Waals surface area contributed by atoms with Crippen LogP contribution in [-0.2, 0) is 10.0 Å². The van der Waals surface area contributed by atoms with Crippen molar-refractivity contribution in [1.29, 1.82) is 0 Å². The second-order valence-electron chi connectivity index (χ2n) is 6.53. The highest BCUT2D eigenvalue weighted by atomic mass is 32.2. The predicted octanol–water partition coefficient (Wildman–Crippen LogP) is 1.31. The fourth-order valence-electron chi connectivity index (χ4n) is 2.93. The fraction of sp³-hybridized carbons (Fsp3) is 1.00. The van der Waals surface area contributed by atoms with E-state index in [-0.39, 0.29) is 5.75 Å². The number of likely N-dealkylation sites (tertiary alicyclic amines) is 1. The molecule has 1 heterocycles. The quantitative estimate of drug-likeness (QED) is 0.597. The van der Waals surface area contributed by atoms with Gasteiger partial charge in [0.15, 0.2) is 0 Å². The summed E-state index contributed by atoms with van der Waals surface area (Å²) < 4.78 is 26.4. The maximum Gasteiger partial charge on any atom is 0.211 e. The molecule has 2 rings (SSSR count). The summed E-state index contributed by atoms with van der Waals surface area (Å²) >= 11 is 0. The highest BCUT2D eigenvalue weighted by Gasteiger charge is 2.20. The molecule has 0 aromatic heterocycles. The first-order valence-corrected chi connectivity index (χ1v) is 10.2. The maximum absolute atomic E-state index is 11.9. The van der Waals surface area contributed by atoms with Gasteiger partial charge in [0.05, 0.1) is 5.75 Å². The molecule has 0 amide bonds. The molecule has 6 heteroatoms. The summed E-state index contributed by atoms with van der Waals surface area (Å²) in [6.07, 6.45) is 8.00. The minimum atomic E-state index is -3.08. The molecule has 1 atom stereocenters. The van der Waals surface area contributed by atoms with E-state index in [2.05, 4.69) is 21.9 Å². The fourth-order valence-corrected chi connectivity index (χ4v) is 4.05. The van der Waals surface area contributed by atoms with Crippen molar-refractivity contribution in [3.8, 4) is 0 Å². The van der Waals surface area contributed by atoms with Gasteiger partial charge in [0.2, 0.25) is 10.0 Å². The van der Waals surface area contributed by atoms with Crippen molar-refractivity contribution in [1.82, 2.24) is 14.9 Å². The Hall–Kier alpha value is -0.170. The Balaban J connectivity index is 1.51. The highest BCUT2D eigenvalue weighted by Crippen LogP contribution is 2.18. The molecule has 1 saturated carbocycles. The van der Waals surface area contributed by atoms with Crippen LogP contribution in [0.5, 0.6) is 0 Å². The Kier molecular flexibility index (Phi) is 6.92. The van der Waals surface area contributed by atoms with Crippen LogP contribution >= 0.6 is 0 Å². The average molecular weight is 317 g/mol. The minimum absolute atomic E-state index is 0.243. The zero-order valence-electron chi connectivity index (χ0n) is 13.3. The first-order chi connectivity index (χ1) is 10.1. The third-order valence-electron chi connectivity index (χ3n) is 4.48. The van der Waals surface area contributed by atoms with Crippen LogP contribution in [0.3, 0.4) is 0 Å². The molecule has 1 unspecified atom stereocenters. The molecule has 1 aliphatic heterocycles. The number of sulfonamides is 1. The van der Waals surface area contributed by atoms with Gasteiger partial charge < -0.3 is 10.2 Å². The SMILES string of the molecule is CC1CCCCN1CCCNS(=O)(=O)CCCNC1CC1. The minimum Gasteiger partial charge on any atom is -0.314 e. The predicted molar refractivity (Wildman–Crippen MR) is 86.9 cm³/mol. The molecular weight excluding hydrogens is 286 g/mol. The van der Waals surface area contributed by atoms with Crippen LogP contribution < -0.4 is 10.0 Å². The molecule has 2 aliphatic rings. The largest absolute Gasteiger partial charge is 0.314 e. The number of piperidine rings is 1. The van der Waals surface area contributed by atoms with E-state index in [1.165, 1.54) is 38.6 Å². The lowest BCUT2D eigenvalue weighted by Crippen LogP contribution is -2.39. The molecule has 21 heavy (non-hydrogen) atoms.